The topological polar surface area (TPSA) is 70.7 Å². The molecule has 100 valence electrons. The normalized spacial score (nSPS) is 10.7. The van der Waals surface area contributed by atoms with Crippen LogP contribution in [0.3, 0.4) is 0 Å². The van der Waals surface area contributed by atoms with Gasteiger partial charge in [-0.15, -0.1) is 5.10 Å². The molecule has 6 heteroatoms. The number of rotatable bonds is 4. The Hall–Kier alpha value is -1.88. The summed E-state index contributed by atoms with van der Waals surface area (Å²) in [6.45, 7) is 4.31. The molecule has 1 heterocycles. The van der Waals surface area contributed by atoms with Crippen molar-refractivity contribution in [2.75, 3.05) is 0 Å². The van der Waals surface area contributed by atoms with E-state index >= 15 is 0 Å². The predicted molar refractivity (Wildman–Crippen MR) is 73.1 cm³/mol. The summed E-state index contributed by atoms with van der Waals surface area (Å²) < 4.78 is 0. The number of aromatic amines is 1. The summed E-state index contributed by atoms with van der Waals surface area (Å²) in [5.74, 6) is 0.735. The molecule has 0 unspecified atom stereocenters. The van der Waals surface area contributed by atoms with Gasteiger partial charge in [0.1, 0.15) is 5.82 Å². The highest BCUT2D eigenvalue weighted by Gasteiger charge is 2.13. The Labute approximate surface area is 116 Å². The molecule has 0 saturated heterocycles. The van der Waals surface area contributed by atoms with Crippen molar-refractivity contribution in [2.24, 2.45) is 0 Å². The Morgan fingerprint density at radius 1 is 1.42 bits per heavy atom. The van der Waals surface area contributed by atoms with Crippen LogP contribution in [0.1, 0.15) is 41.8 Å². The summed E-state index contributed by atoms with van der Waals surface area (Å²) in [5.41, 5.74) is 0.858. The molecule has 0 radical (unpaired) electrons. The van der Waals surface area contributed by atoms with Crippen molar-refractivity contribution in [1.82, 2.24) is 20.5 Å². The van der Waals surface area contributed by atoms with Crippen molar-refractivity contribution in [1.29, 1.82) is 0 Å². The number of nitrogens with zero attached hydrogens (tertiary/aromatic N) is 2. The first-order valence-electron chi connectivity index (χ1n) is 6.02. The number of carbonyl (C=O) groups is 1. The lowest BCUT2D eigenvalue weighted by atomic mass is 10.2. The zero-order valence-electron chi connectivity index (χ0n) is 10.8. The third-order valence-electron chi connectivity index (χ3n) is 2.65. The molecule has 19 heavy (non-hydrogen) atoms. The van der Waals surface area contributed by atoms with E-state index in [1.807, 2.05) is 32.0 Å². The van der Waals surface area contributed by atoms with Crippen molar-refractivity contribution in [3.63, 3.8) is 0 Å². The van der Waals surface area contributed by atoms with Crippen LogP contribution in [0.15, 0.2) is 24.3 Å². The lowest BCUT2D eigenvalue weighted by Gasteiger charge is -2.04. The highest BCUT2D eigenvalue weighted by Crippen LogP contribution is 2.14. The summed E-state index contributed by atoms with van der Waals surface area (Å²) in [4.78, 5) is 16.0. The van der Waals surface area contributed by atoms with Crippen LogP contribution in [-0.2, 0) is 6.54 Å². The fourth-order valence-electron chi connectivity index (χ4n) is 1.53. The molecule has 1 amide bonds. The molecule has 0 spiro atoms. The molecule has 0 atom stereocenters. The van der Waals surface area contributed by atoms with Gasteiger partial charge in [0.2, 0.25) is 5.82 Å². The number of hydrogen-bond acceptors (Lipinski definition) is 3. The fourth-order valence-corrected chi connectivity index (χ4v) is 1.73. The van der Waals surface area contributed by atoms with Gasteiger partial charge in [0.05, 0.1) is 0 Å². The number of H-pyrrole nitrogens is 1. The molecule has 0 aliphatic heterocycles. The van der Waals surface area contributed by atoms with E-state index in [4.69, 9.17) is 11.6 Å². The average molecular weight is 279 g/mol. The van der Waals surface area contributed by atoms with E-state index in [1.54, 1.807) is 6.07 Å². The van der Waals surface area contributed by atoms with E-state index in [-0.39, 0.29) is 17.6 Å². The maximum absolute atomic E-state index is 11.9. The van der Waals surface area contributed by atoms with Crippen LogP contribution in [0.5, 0.6) is 0 Å². The van der Waals surface area contributed by atoms with Gasteiger partial charge in [-0.1, -0.05) is 43.6 Å². The summed E-state index contributed by atoms with van der Waals surface area (Å²) in [6, 6.07) is 7.36. The quantitative estimate of drug-likeness (QED) is 0.903. The summed E-state index contributed by atoms with van der Waals surface area (Å²) in [7, 11) is 0. The highest BCUT2D eigenvalue weighted by molar-refractivity contribution is 6.31. The van der Waals surface area contributed by atoms with E-state index < -0.39 is 0 Å². The molecule has 2 rings (SSSR count). The van der Waals surface area contributed by atoms with Crippen LogP contribution >= 0.6 is 11.6 Å². The standard InChI is InChI=1S/C13H15ClN4O/c1-8(2)11-16-12(18-17-11)13(19)15-7-9-5-3-4-6-10(9)14/h3-6,8H,7H2,1-2H3,(H,15,19)(H,16,17,18). The van der Waals surface area contributed by atoms with Gasteiger partial charge in [0, 0.05) is 17.5 Å². The Balaban J connectivity index is 1.99. The third-order valence-corrected chi connectivity index (χ3v) is 3.02. The molecule has 0 bridgehead atoms. The van der Waals surface area contributed by atoms with Gasteiger partial charge in [-0.3, -0.25) is 9.89 Å². The van der Waals surface area contributed by atoms with Gasteiger partial charge in [-0.2, -0.15) is 0 Å². The molecule has 2 aromatic rings. The second kappa shape index (κ2) is 5.84. The van der Waals surface area contributed by atoms with Crippen molar-refractivity contribution in [3.05, 3.63) is 46.5 Å². The first-order valence-corrected chi connectivity index (χ1v) is 6.39. The van der Waals surface area contributed by atoms with Crippen molar-refractivity contribution in [2.45, 2.75) is 26.3 Å². The zero-order valence-corrected chi connectivity index (χ0v) is 11.5. The molecule has 1 aromatic heterocycles. The molecule has 0 aliphatic rings. The van der Waals surface area contributed by atoms with Crippen molar-refractivity contribution >= 4 is 17.5 Å². The van der Waals surface area contributed by atoms with E-state index in [0.717, 1.165) is 5.56 Å². The predicted octanol–water partition coefficient (Wildman–Crippen LogP) is 2.51. The fraction of sp³-hybridized carbons (Fsp3) is 0.308. The smallest absolute Gasteiger partial charge is 0.291 e. The molecular weight excluding hydrogens is 264 g/mol. The lowest BCUT2D eigenvalue weighted by Crippen LogP contribution is -2.24. The number of hydrogen-bond donors (Lipinski definition) is 2. The van der Waals surface area contributed by atoms with E-state index in [1.165, 1.54) is 0 Å². The summed E-state index contributed by atoms with van der Waals surface area (Å²) in [6.07, 6.45) is 0. The minimum atomic E-state index is -0.317. The Bertz CT molecular complexity index is 580. The number of carbonyl (C=O) groups excluding carboxylic acids is 1. The van der Waals surface area contributed by atoms with E-state index in [9.17, 15) is 4.79 Å². The number of amides is 1. The number of halogens is 1. The van der Waals surface area contributed by atoms with Gasteiger partial charge in [0.15, 0.2) is 0 Å². The zero-order chi connectivity index (χ0) is 13.8. The molecule has 2 N–H and O–H groups in total. The van der Waals surface area contributed by atoms with E-state index in [0.29, 0.717) is 17.4 Å². The third kappa shape index (κ3) is 3.32. The molecule has 1 aromatic carbocycles. The van der Waals surface area contributed by atoms with Gasteiger partial charge in [0.25, 0.3) is 5.91 Å². The number of benzene rings is 1. The SMILES string of the molecule is CC(C)c1nc(C(=O)NCc2ccccc2Cl)n[nH]1. The summed E-state index contributed by atoms with van der Waals surface area (Å²) >= 11 is 6.01. The van der Waals surface area contributed by atoms with Crippen LogP contribution < -0.4 is 5.32 Å². The Morgan fingerprint density at radius 2 is 2.16 bits per heavy atom. The second-order valence-corrected chi connectivity index (χ2v) is 4.88. The number of aromatic nitrogens is 3. The van der Waals surface area contributed by atoms with Gasteiger partial charge in [-0.25, -0.2) is 4.98 Å². The first kappa shape index (κ1) is 13.5. The number of nitrogens with one attached hydrogen (secondary N) is 2. The van der Waals surface area contributed by atoms with Crippen LogP contribution in [0, 0.1) is 0 Å². The van der Waals surface area contributed by atoms with Crippen LogP contribution in [0.2, 0.25) is 5.02 Å². The lowest BCUT2D eigenvalue weighted by molar-refractivity contribution is 0.0941. The molecule has 5 nitrogen and oxygen atoms in total. The van der Waals surface area contributed by atoms with Gasteiger partial charge >= 0.3 is 0 Å². The molecule has 0 saturated carbocycles. The second-order valence-electron chi connectivity index (χ2n) is 4.47. The van der Waals surface area contributed by atoms with Gasteiger partial charge in [-0.05, 0) is 11.6 Å². The largest absolute Gasteiger partial charge is 0.345 e. The van der Waals surface area contributed by atoms with Crippen molar-refractivity contribution in [3.8, 4) is 0 Å². The van der Waals surface area contributed by atoms with Crippen LogP contribution in [-0.4, -0.2) is 21.1 Å². The molecule has 0 fully saturated rings. The van der Waals surface area contributed by atoms with Gasteiger partial charge < -0.3 is 5.32 Å². The first-order chi connectivity index (χ1) is 9.08. The maximum atomic E-state index is 11.9. The average Bonchev–Trinajstić information content (AvgIpc) is 2.87. The Kier molecular flexibility index (Phi) is 4.16. The highest BCUT2D eigenvalue weighted by atomic mass is 35.5. The molecule has 0 aliphatic carbocycles. The van der Waals surface area contributed by atoms with Crippen LogP contribution in [0.25, 0.3) is 0 Å². The maximum Gasteiger partial charge on any atom is 0.291 e. The Morgan fingerprint density at radius 3 is 2.79 bits per heavy atom. The monoisotopic (exact) mass is 278 g/mol. The van der Waals surface area contributed by atoms with Crippen molar-refractivity contribution < 1.29 is 4.79 Å². The minimum absolute atomic E-state index is 0.149. The minimum Gasteiger partial charge on any atom is -0.345 e. The van der Waals surface area contributed by atoms with E-state index in [2.05, 4.69) is 20.5 Å². The van der Waals surface area contributed by atoms with Crippen LogP contribution in [0.4, 0.5) is 0 Å². The summed E-state index contributed by atoms with van der Waals surface area (Å²) in [5, 5.41) is 10.0. The molecular formula is C13H15ClN4O.